The molecule has 134 valence electrons. The topological polar surface area (TPSA) is 61.4 Å². The molecule has 0 saturated heterocycles. The fourth-order valence-corrected chi connectivity index (χ4v) is 3.55. The van der Waals surface area contributed by atoms with Gasteiger partial charge in [0.05, 0.1) is 23.6 Å². The second-order valence-electron chi connectivity index (χ2n) is 7.70. The predicted octanol–water partition coefficient (Wildman–Crippen LogP) is 3.72. The van der Waals surface area contributed by atoms with Crippen molar-refractivity contribution in [1.82, 2.24) is 20.0 Å². The Kier molecular flexibility index (Phi) is 4.54. The number of ketones is 1. The summed E-state index contributed by atoms with van der Waals surface area (Å²) in [5.41, 5.74) is 3.10. The van der Waals surface area contributed by atoms with Gasteiger partial charge < -0.3 is 5.32 Å². The predicted molar refractivity (Wildman–Crippen MR) is 98.6 cm³/mol. The number of hydrogen-bond acceptors (Lipinski definition) is 6. The molecule has 1 aliphatic heterocycles. The Bertz CT molecular complexity index is 719. The Morgan fingerprint density at radius 3 is 2.36 bits per heavy atom. The second kappa shape index (κ2) is 6.50. The number of anilines is 1. The third-order valence-corrected chi connectivity index (χ3v) is 4.62. The molecule has 1 aliphatic carbocycles. The number of hydrazine groups is 1. The Labute approximate surface area is 149 Å². The van der Waals surface area contributed by atoms with Crippen LogP contribution in [0.3, 0.4) is 0 Å². The molecule has 3 rings (SSSR count). The highest BCUT2D eigenvalue weighted by molar-refractivity contribution is 5.91. The summed E-state index contributed by atoms with van der Waals surface area (Å²) in [5.74, 6) is 1.54. The first kappa shape index (κ1) is 17.5. The van der Waals surface area contributed by atoms with E-state index in [-0.39, 0.29) is 11.3 Å². The summed E-state index contributed by atoms with van der Waals surface area (Å²) < 4.78 is 0. The maximum absolute atomic E-state index is 11.4. The number of carbonyl (C=O) groups excluding carboxylic acids is 1. The first-order valence-electron chi connectivity index (χ1n) is 8.85. The highest BCUT2D eigenvalue weighted by atomic mass is 16.1. The van der Waals surface area contributed by atoms with Crippen molar-refractivity contribution in [2.45, 2.75) is 58.9 Å². The van der Waals surface area contributed by atoms with Crippen molar-refractivity contribution in [2.75, 3.05) is 12.4 Å². The molecular weight excluding hydrogens is 314 g/mol. The van der Waals surface area contributed by atoms with Gasteiger partial charge in [-0.25, -0.2) is 9.97 Å². The van der Waals surface area contributed by atoms with E-state index in [1.54, 1.807) is 6.20 Å². The lowest BCUT2D eigenvalue weighted by molar-refractivity contribution is 0.00765. The summed E-state index contributed by atoms with van der Waals surface area (Å²) in [4.78, 5) is 19.9. The Balaban J connectivity index is 1.91. The Morgan fingerprint density at radius 2 is 1.84 bits per heavy atom. The average molecular weight is 341 g/mol. The van der Waals surface area contributed by atoms with Crippen LogP contribution in [-0.4, -0.2) is 38.4 Å². The minimum absolute atomic E-state index is 0.0802. The van der Waals surface area contributed by atoms with Crippen molar-refractivity contribution in [3.63, 3.8) is 0 Å². The van der Waals surface area contributed by atoms with Gasteiger partial charge in [0, 0.05) is 20.0 Å². The minimum Gasteiger partial charge on any atom is -0.324 e. The second-order valence-corrected chi connectivity index (χ2v) is 7.70. The normalized spacial score (nSPS) is 18.0. The summed E-state index contributed by atoms with van der Waals surface area (Å²) in [6.07, 6.45) is 10.2. The minimum atomic E-state index is -0.0821. The van der Waals surface area contributed by atoms with Gasteiger partial charge in [-0.2, -0.15) is 0 Å². The number of allylic oxidation sites excluding steroid dienone is 2. The molecule has 2 aliphatic rings. The molecule has 0 unspecified atom stereocenters. The molecule has 1 saturated carbocycles. The van der Waals surface area contributed by atoms with Crippen LogP contribution in [0.4, 0.5) is 5.82 Å². The van der Waals surface area contributed by atoms with Crippen LogP contribution in [0.1, 0.15) is 63.9 Å². The van der Waals surface area contributed by atoms with Crippen LogP contribution in [0.15, 0.2) is 35.6 Å². The summed E-state index contributed by atoms with van der Waals surface area (Å²) in [6.45, 7) is 8.05. The Morgan fingerprint density at radius 1 is 1.16 bits per heavy atom. The number of hydrogen-bond donors (Lipinski definition) is 1. The first-order valence-corrected chi connectivity index (χ1v) is 8.85. The summed E-state index contributed by atoms with van der Waals surface area (Å²) >= 11 is 0. The van der Waals surface area contributed by atoms with Gasteiger partial charge >= 0.3 is 0 Å². The van der Waals surface area contributed by atoms with E-state index in [1.807, 2.05) is 0 Å². The average Bonchev–Trinajstić information content (AvgIpc) is 3.15. The van der Waals surface area contributed by atoms with Gasteiger partial charge in [-0.3, -0.25) is 14.8 Å². The fourth-order valence-electron chi connectivity index (χ4n) is 3.55. The summed E-state index contributed by atoms with van der Waals surface area (Å²) in [5, 5.41) is 7.85. The molecule has 25 heavy (non-hydrogen) atoms. The van der Waals surface area contributed by atoms with Crippen molar-refractivity contribution in [3.8, 4) is 0 Å². The van der Waals surface area contributed by atoms with E-state index in [0.717, 1.165) is 5.82 Å². The van der Waals surface area contributed by atoms with Gasteiger partial charge in [-0.05, 0) is 52.0 Å². The molecule has 1 aromatic rings. The molecule has 1 N–H and O–H groups in total. The van der Waals surface area contributed by atoms with Gasteiger partial charge in [0.1, 0.15) is 17.3 Å². The summed E-state index contributed by atoms with van der Waals surface area (Å²) in [6, 6.07) is 0. The monoisotopic (exact) mass is 341 g/mol. The smallest absolute Gasteiger partial charge is 0.179 e. The third kappa shape index (κ3) is 3.52. The number of carbonyl (C=O) groups is 1. The first-order chi connectivity index (χ1) is 11.8. The van der Waals surface area contributed by atoms with Crippen LogP contribution in [0.25, 0.3) is 0 Å². The zero-order valence-corrected chi connectivity index (χ0v) is 15.8. The maximum Gasteiger partial charge on any atom is 0.179 e. The van der Waals surface area contributed by atoms with E-state index >= 15 is 0 Å². The van der Waals surface area contributed by atoms with Gasteiger partial charge in [-0.15, -0.1) is 0 Å². The molecule has 1 fully saturated rings. The molecule has 0 atom stereocenters. The molecular formula is C19H27N5O. The number of Topliss-reactive ketones (excluding diaryl/α,β-unsaturated/α-hetero) is 1. The standard InChI is InChI=1S/C19H27N5O/c1-13(25)15-11-21-17(12-20-15)22-18-10-16(14-8-6-7-9-14)23(5)24(18)19(2,3)4/h10-12H,6-9H2,1-5H3,(H,21,22). The number of nitrogens with zero attached hydrogens (tertiary/aromatic N) is 4. The van der Waals surface area contributed by atoms with Crippen LogP contribution in [0.2, 0.25) is 0 Å². The van der Waals surface area contributed by atoms with Crippen LogP contribution in [-0.2, 0) is 0 Å². The molecule has 0 bridgehead atoms. The van der Waals surface area contributed by atoms with Crippen molar-refractivity contribution in [2.24, 2.45) is 0 Å². The quantitative estimate of drug-likeness (QED) is 0.846. The Hall–Kier alpha value is -2.37. The number of nitrogens with one attached hydrogen (secondary N) is 1. The SMILES string of the molecule is CC(=O)c1cnc(NC2=CC(=C3CCCC3)N(C)N2C(C)(C)C)cn1. The van der Waals surface area contributed by atoms with E-state index in [2.05, 4.69) is 59.2 Å². The van der Waals surface area contributed by atoms with Crippen molar-refractivity contribution < 1.29 is 4.79 Å². The van der Waals surface area contributed by atoms with Crippen LogP contribution in [0, 0.1) is 0 Å². The summed E-state index contributed by atoms with van der Waals surface area (Å²) in [7, 11) is 2.11. The van der Waals surface area contributed by atoms with Crippen LogP contribution in [0.5, 0.6) is 0 Å². The molecule has 1 aromatic heterocycles. The molecule has 6 heteroatoms. The van der Waals surface area contributed by atoms with E-state index in [4.69, 9.17) is 0 Å². The van der Waals surface area contributed by atoms with Crippen molar-refractivity contribution in [3.05, 3.63) is 41.3 Å². The van der Waals surface area contributed by atoms with E-state index in [9.17, 15) is 4.79 Å². The fraction of sp³-hybridized carbons (Fsp3) is 0.526. The molecule has 2 heterocycles. The lowest BCUT2D eigenvalue weighted by Gasteiger charge is -2.42. The van der Waals surface area contributed by atoms with Crippen molar-refractivity contribution in [1.29, 1.82) is 0 Å². The molecule has 0 amide bonds. The number of rotatable bonds is 3. The molecule has 0 aromatic carbocycles. The van der Waals surface area contributed by atoms with E-state index in [1.165, 1.54) is 50.1 Å². The van der Waals surface area contributed by atoms with Gasteiger partial charge in [0.15, 0.2) is 5.78 Å². The molecule has 0 spiro atoms. The van der Waals surface area contributed by atoms with Crippen LogP contribution >= 0.6 is 0 Å². The highest BCUT2D eigenvalue weighted by Gasteiger charge is 2.35. The zero-order chi connectivity index (χ0) is 18.2. The number of likely N-dealkylation sites (N-methyl/N-ethyl adjacent to an activating group) is 1. The zero-order valence-electron chi connectivity index (χ0n) is 15.8. The van der Waals surface area contributed by atoms with Gasteiger partial charge in [0.25, 0.3) is 0 Å². The largest absolute Gasteiger partial charge is 0.324 e. The van der Waals surface area contributed by atoms with Gasteiger partial charge in [0.2, 0.25) is 0 Å². The third-order valence-electron chi connectivity index (χ3n) is 4.62. The van der Waals surface area contributed by atoms with Crippen molar-refractivity contribution >= 4 is 11.6 Å². The lowest BCUT2D eigenvalue weighted by atomic mass is 10.1. The molecule has 6 nitrogen and oxygen atoms in total. The maximum atomic E-state index is 11.4. The lowest BCUT2D eigenvalue weighted by Crippen LogP contribution is -2.48. The van der Waals surface area contributed by atoms with Crippen LogP contribution < -0.4 is 5.32 Å². The van der Waals surface area contributed by atoms with E-state index in [0.29, 0.717) is 11.5 Å². The number of aromatic nitrogens is 2. The molecule has 0 radical (unpaired) electrons. The van der Waals surface area contributed by atoms with E-state index < -0.39 is 0 Å². The highest BCUT2D eigenvalue weighted by Crippen LogP contribution is 2.37. The van der Waals surface area contributed by atoms with Gasteiger partial charge in [-0.1, -0.05) is 0 Å².